The van der Waals surface area contributed by atoms with Gasteiger partial charge in [-0.05, 0) is 38.5 Å². The van der Waals surface area contributed by atoms with Crippen molar-refractivity contribution in [2.24, 2.45) is 5.84 Å². The van der Waals surface area contributed by atoms with Crippen molar-refractivity contribution in [1.82, 2.24) is 21.4 Å². The molecule has 0 aliphatic heterocycles. The van der Waals surface area contributed by atoms with E-state index in [1.165, 1.54) is 0 Å². The van der Waals surface area contributed by atoms with E-state index >= 15 is 0 Å². The van der Waals surface area contributed by atoms with Crippen molar-refractivity contribution >= 4 is 35.6 Å². The number of amides is 3. The highest BCUT2D eigenvalue weighted by Gasteiger charge is 2.21. The molecule has 0 aliphatic carbocycles. The number of nitrogens with one attached hydrogen (secondary N) is 4. The third-order valence-corrected chi connectivity index (χ3v) is 7.24. The molecular weight excluding hydrogens is 662 g/mol. The molecule has 0 unspecified atom stereocenters. The Morgan fingerprint density at radius 1 is 0.480 bits per heavy atom. The summed E-state index contributed by atoms with van der Waals surface area (Å²) in [4.78, 5) is 68.8. The molecule has 0 saturated carbocycles. The van der Waals surface area contributed by atoms with E-state index in [-0.39, 0.29) is 57.3 Å². The van der Waals surface area contributed by atoms with Crippen molar-refractivity contribution in [2.45, 2.75) is 102 Å². The van der Waals surface area contributed by atoms with Crippen LogP contribution in [0.3, 0.4) is 0 Å². The Kier molecular flexibility index (Phi) is 30.5. The van der Waals surface area contributed by atoms with Crippen LogP contribution in [-0.4, -0.2) is 129 Å². The number of carboxylic acid groups (broad SMARTS) is 3. The number of carbonyl (C=O) groups is 6. The second kappa shape index (κ2) is 32.8. The minimum atomic E-state index is -1.25. The van der Waals surface area contributed by atoms with Crippen LogP contribution >= 0.6 is 0 Å². The molecule has 0 spiro atoms. The Morgan fingerprint density at radius 3 is 1.54 bits per heavy atom. The fourth-order valence-corrected chi connectivity index (χ4v) is 4.41. The van der Waals surface area contributed by atoms with Gasteiger partial charge in [-0.25, -0.2) is 10.2 Å². The number of hydrogen-bond acceptors (Lipinski definition) is 12. The molecule has 0 aromatic heterocycles. The summed E-state index contributed by atoms with van der Waals surface area (Å²) in [6.07, 6.45) is 7.12. The summed E-state index contributed by atoms with van der Waals surface area (Å²) in [5.41, 5.74) is 2.20. The topological polar surface area (TPSA) is 274 Å². The van der Waals surface area contributed by atoms with Crippen LogP contribution < -0.4 is 27.2 Å². The lowest BCUT2D eigenvalue weighted by atomic mass is 10.1. The van der Waals surface area contributed by atoms with Crippen LogP contribution in [0.1, 0.15) is 89.9 Å². The molecule has 0 aromatic carbocycles. The van der Waals surface area contributed by atoms with E-state index in [1.807, 2.05) is 0 Å². The van der Waals surface area contributed by atoms with Crippen LogP contribution in [0.2, 0.25) is 0 Å². The smallest absolute Gasteiger partial charge is 0.326 e. The average Bonchev–Trinajstić information content (AvgIpc) is 3.07. The van der Waals surface area contributed by atoms with Crippen LogP contribution in [0, 0.1) is 0 Å². The van der Waals surface area contributed by atoms with Gasteiger partial charge in [0, 0.05) is 38.8 Å². The zero-order valence-corrected chi connectivity index (χ0v) is 29.1. The summed E-state index contributed by atoms with van der Waals surface area (Å²) < 4.78 is 21.6. The molecule has 0 aliphatic rings. The predicted molar refractivity (Wildman–Crippen MR) is 180 cm³/mol. The summed E-state index contributed by atoms with van der Waals surface area (Å²) >= 11 is 0. The lowest BCUT2D eigenvalue weighted by Crippen LogP contribution is -2.42. The first-order valence-corrected chi connectivity index (χ1v) is 17.3. The molecule has 18 nitrogen and oxygen atoms in total. The van der Waals surface area contributed by atoms with E-state index in [1.54, 1.807) is 0 Å². The van der Waals surface area contributed by atoms with Gasteiger partial charge in [-0.1, -0.05) is 25.7 Å². The van der Waals surface area contributed by atoms with Gasteiger partial charge in [0.05, 0.1) is 52.9 Å². The Morgan fingerprint density at radius 2 is 0.980 bits per heavy atom. The van der Waals surface area contributed by atoms with Crippen LogP contribution in [0.4, 0.5) is 0 Å². The Hall–Kier alpha value is -3.42. The van der Waals surface area contributed by atoms with Crippen LogP contribution in [0.25, 0.3) is 0 Å². The summed E-state index contributed by atoms with van der Waals surface area (Å²) in [6.45, 7) is 3.15. The van der Waals surface area contributed by atoms with E-state index in [0.717, 1.165) is 32.1 Å². The summed E-state index contributed by atoms with van der Waals surface area (Å²) in [5.74, 6) is 1.18. The number of nitrogens with two attached hydrogens (primary N) is 1. The molecular formula is C32H59N5O13. The van der Waals surface area contributed by atoms with Crippen LogP contribution in [0.15, 0.2) is 0 Å². The van der Waals surface area contributed by atoms with E-state index < -0.39 is 35.9 Å². The number of unbranched alkanes of at least 4 members (excludes halogenated alkanes) is 6. The quantitative estimate of drug-likeness (QED) is 0.0246. The summed E-state index contributed by atoms with van der Waals surface area (Å²) in [5, 5.41) is 34.7. The number of hydrazine groups is 1. The standard InChI is InChI=1S/C32H59N5O13/c33-37-26(32(45)46)9-7-8-15-34-28(39)13-12-25(31(43)44)36-29(40)14-17-47-19-21-49-23-24-50-22-20-48-18-16-35-27(38)10-5-3-1-2-4-6-11-30(41)42/h25-26,37H,1-24,33H2,(H,34,39)(H,35,38)(H,36,40)(H,41,42)(H,43,44)(H,45,46)/t25-,26-/m0/s1. The number of carbonyl (C=O) groups excluding carboxylic acids is 3. The molecule has 0 aromatic rings. The van der Waals surface area contributed by atoms with Crippen molar-refractivity contribution in [1.29, 1.82) is 0 Å². The van der Waals surface area contributed by atoms with Crippen molar-refractivity contribution in [3.05, 3.63) is 0 Å². The van der Waals surface area contributed by atoms with Gasteiger partial charge in [0.15, 0.2) is 0 Å². The van der Waals surface area contributed by atoms with E-state index in [0.29, 0.717) is 78.2 Å². The maximum atomic E-state index is 12.1. The van der Waals surface area contributed by atoms with Crippen molar-refractivity contribution in [2.75, 3.05) is 65.9 Å². The summed E-state index contributed by atoms with van der Waals surface area (Å²) in [6, 6.07) is -2.09. The molecule has 290 valence electrons. The molecule has 0 radical (unpaired) electrons. The van der Waals surface area contributed by atoms with Crippen molar-refractivity contribution < 1.29 is 63.0 Å². The van der Waals surface area contributed by atoms with E-state index in [2.05, 4.69) is 21.4 Å². The van der Waals surface area contributed by atoms with Gasteiger partial charge in [-0.15, -0.1) is 0 Å². The highest BCUT2D eigenvalue weighted by atomic mass is 16.6. The zero-order valence-electron chi connectivity index (χ0n) is 29.1. The fraction of sp³-hybridized carbons (Fsp3) is 0.812. The maximum Gasteiger partial charge on any atom is 0.326 e. The van der Waals surface area contributed by atoms with E-state index in [4.69, 9.17) is 35.0 Å². The predicted octanol–water partition coefficient (Wildman–Crippen LogP) is 0.317. The average molecular weight is 722 g/mol. The maximum absolute atomic E-state index is 12.1. The van der Waals surface area contributed by atoms with Gasteiger partial charge in [-0.3, -0.25) is 29.8 Å². The highest BCUT2D eigenvalue weighted by molar-refractivity contribution is 5.84. The zero-order chi connectivity index (χ0) is 37.2. The minimum absolute atomic E-state index is 0.0109. The molecule has 50 heavy (non-hydrogen) atoms. The highest BCUT2D eigenvalue weighted by Crippen LogP contribution is 2.08. The van der Waals surface area contributed by atoms with Crippen molar-refractivity contribution in [3.63, 3.8) is 0 Å². The molecule has 18 heteroatoms. The van der Waals surface area contributed by atoms with Gasteiger partial charge in [0.1, 0.15) is 12.1 Å². The second-order valence-electron chi connectivity index (χ2n) is 11.5. The van der Waals surface area contributed by atoms with Gasteiger partial charge < -0.3 is 50.2 Å². The Balaban J connectivity index is 3.62. The molecule has 0 rings (SSSR count). The first-order chi connectivity index (χ1) is 24.1. The van der Waals surface area contributed by atoms with Gasteiger partial charge >= 0.3 is 17.9 Å². The van der Waals surface area contributed by atoms with E-state index in [9.17, 15) is 33.9 Å². The third-order valence-electron chi connectivity index (χ3n) is 7.24. The number of aliphatic carboxylic acids is 3. The molecule has 0 bridgehead atoms. The molecule has 2 atom stereocenters. The van der Waals surface area contributed by atoms with Crippen LogP contribution in [-0.2, 0) is 47.7 Å². The molecule has 0 fully saturated rings. The number of carboxylic acids is 3. The normalized spacial score (nSPS) is 12.2. The van der Waals surface area contributed by atoms with Gasteiger partial charge in [0.2, 0.25) is 17.7 Å². The number of hydrogen-bond donors (Lipinski definition) is 8. The third kappa shape index (κ3) is 30.6. The lowest BCUT2D eigenvalue weighted by Gasteiger charge is -2.15. The first kappa shape index (κ1) is 46.6. The van der Waals surface area contributed by atoms with Crippen molar-refractivity contribution in [3.8, 4) is 0 Å². The largest absolute Gasteiger partial charge is 0.481 e. The second-order valence-corrected chi connectivity index (χ2v) is 11.5. The molecule has 9 N–H and O–H groups in total. The Bertz CT molecular complexity index is 957. The molecule has 0 saturated heterocycles. The molecule has 0 heterocycles. The Labute approximate surface area is 293 Å². The summed E-state index contributed by atoms with van der Waals surface area (Å²) in [7, 11) is 0. The monoisotopic (exact) mass is 721 g/mol. The van der Waals surface area contributed by atoms with Gasteiger partial charge in [0.25, 0.3) is 0 Å². The SMILES string of the molecule is NN[C@@H](CCCCNC(=O)CC[C@H](NC(=O)CCOCCOCCOCCOCCNC(=O)CCCCCCCCC(=O)O)C(=O)O)C(=O)O. The minimum Gasteiger partial charge on any atom is -0.481 e. The first-order valence-electron chi connectivity index (χ1n) is 17.3. The van der Waals surface area contributed by atoms with Gasteiger partial charge in [-0.2, -0.15) is 0 Å². The number of rotatable bonds is 36. The lowest BCUT2D eigenvalue weighted by molar-refractivity contribution is -0.142. The molecule has 3 amide bonds. The van der Waals surface area contributed by atoms with Crippen LogP contribution in [0.5, 0.6) is 0 Å². The number of ether oxygens (including phenoxy) is 4. The fourth-order valence-electron chi connectivity index (χ4n) is 4.41.